The van der Waals surface area contributed by atoms with Crippen molar-refractivity contribution in [1.82, 2.24) is 15.5 Å². The van der Waals surface area contributed by atoms with E-state index < -0.39 is 23.8 Å². The fraction of sp³-hybridized carbons (Fsp3) is 0.441. The van der Waals surface area contributed by atoms with Gasteiger partial charge in [0, 0.05) is 40.9 Å². The lowest BCUT2D eigenvalue weighted by Crippen LogP contribution is -2.48. The number of rotatable bonds is 13. The fourth-order valence-corrected chi connectivity index (χ4v) is 6.54. The van der Waals surface area contributed by atoms with Gasteiger partial charge in [-0.15, -0.1) is 0 Å². The molecule has 226 valence electrons. The van der Waals surface area contributed by atoms with Crippen LogP contribution in [0.2, 0.25) is 0 Å². The number of carbonyl (C=O) groups is 1. The summed E-state index contributed by atoms with van der Waals surface area (Å²) in [6.07, 6.45) is 5.35. The van der Waals surface area contributed by atoms with Gasteiger partial charge in [0.15, 0.2) is 0 Å². The van der Waals surface area contributed by atoms with Crippen LogP contribution >= 0.6 is 22.6 Å². The van der Waals surface area contributed by atoms with Gasteiger partial charge in [0.05, 0.1) is 12.1 Å². The summed E-state index contributed by atoms with van der Waals surface area (Å²) in [5, 5.41) is 17.4. The third kappa shape index (κ3) is 9.82. The molecular formula is C34H42F2IN3O2. The van der Waals surface area contributed by atoms with Crippen LogP contribution in [0.25, 0.3) is 0 Å². The van der Waals surface area contributed by atoms with Crippen molar-refractivity contribution in [2.45, 2.75) is 83.6 Å². The Morgan fingerprint density at radius 1 is 1.00 bits per heavy atom. The summed E-state index contributed by atoms with van der Waals surface area (Å²) in [5.41, 5.74) is 4.02. The quantitative estimate of drug-likeness (QED) is 0.179. The number of aliphatic hydroxyl groups excluding tert-OH is 1. The van der Waals surface area contributed by atoms with Crippen LogP contribution in [0.3, 0.4) is 0 Å². The van der Waals surface area contributed by atoms with Crippen molar-refractivity contribution in [3.63, 3.8) is 0 Å². The van der Waals surface area contributed by atoms with E-state index in [1.165, 1.54) is 44.2 Å². The molecular weight excluding hydrogens is 647 g/mol. The number of benzene rings is 3. The second-order valence-corrected chi connectivity index (χ2v) is 12.7. The van der Waals surface area contributed by atoms with Gasteiger partial charge in [-0.05, 0) is 108 Å². The van der Waals surface area contributed by atoms with Crippen LogP contribution in [0.1, 0.15) is 71.6 Å². The van der Waals surface area contributed by atoms with Crippen LogP contribution in [0.4, 0.5) is 8.78 Å². The number of hydrogen-bond donors (Lipinski definition) is 3. The first-order chi connectivity index (χ1) is 20.2. The molecule has 0 spiro atoms. The van der Waals surface area contributed by atoms with Crippen molar-refractivity contribution < 1.29 is 18.7 Å². The van der Waals surface area contributed by atoms with Gasteiger partial charge in [0.25, 0.3) is 5.91 Å². The number of nitrogens with one attached hydrogen (secondary N) is 2. The molecule has 0 unspecified atom stereocenters. The molecule has 1 saturated carbocycles. The molecule has 0 heterocycles. The second kappa shape index (κ2) is 15.9. The molecule has 2 atom stereocenters. The van der Waals surface area contributed by atoms with E-state index >= 15 is 0 Å². The highest BCUT2D eigenvalue weighted by atomic mass is 127. The van der Waals surface area contributed by atoms with E-state index in [9.17, 15) is 18.7 Å². The average molecular weight is 690 g/mol. The van der Waals surface area contributed by atoms with Gasteiger partial charge in [-0.25, -0.2) is 8.78 Å². The Hall–Kier alpha value is -2.40. The van der Waals surface area contributed by atoms with Crippen LogP contribution < -0.4 is 10.6 Å². The Balaban J connectivity index is 1.48. The van der Waals surface area contributed by atoms with Crippen molar-refractivity contribution in [1.29, 1.82) is 0 Å². The predicted molar refractivity (Wildman–Crippen MR) is 172 cm³/mol. The van der Waals surface area contributed by atoms with E-state index in [4.69, 9.17) is 0 Å². The van der Waals surface area contributed by atoms with Crippen molar-refractivity contribution >= 4 is 28.5 Å². The molecule has 8 heteroatoms. The number of amides is 1. The molecule has 0 radical (unpaired) electrons. The van der Waals surface area contributed by atoms with Crippen LogP contribution in [-0.4, -0.2) is 47.2 Å². The first-order valence-corrected chi connectivity index (χ1v) is 16.0. The van der Waals surface area contributed by atoms with E-state index in [1.807, 2.05) is 37.3 Å². The number of nitrogens with zero attached hydrogens (tertiary/aromatic N) is 1. The zero-order valence-electron chi connectivity index (χ0n) is 24.5. The monoisotopic (exact) mass is 689 g/mol. The number of aliphatic hydroxyl groups is 1. The summed E-state index contributed by atoms with van der Waals surface area (Å²) < 4.78 is 29.1. The maximum atomic E-state index is 14.0. The zero-order chi connectivity index (χ0) is 30.1. The normalized spacial score (nSPS) is 15.5. The van der Waals surface area contributed by atoms with Gasteiger partial charge in [0.1, 0.15) is 11.6 Å². The van der Waals surface area contributed by atoms with Crippen LogP contribution in [-0.2, 0) is 19.5 Å². The van der Waals surface area contributed by atoms with E-state index in [-0.39, 0.29) is 18.9 Å². The molecule has 4 rings (SSSR count). The molecule has 1 aliphatic carbocycles. The van der Waals surface area contributed by atoms with Crippen molar-refractivity contribution in [3.8, 4) is 0 Å². The first-order valence-electron chi connectivity index (χ1n) is 14.9. The summed E-state index contributed by atoms with van der Waals surface area (Å²) in [6, 6.07) is 17.0. The molecule has 3 aromatic rings. The largest absolute Gasteiger partial charge is 0.390 e. The number of halogens is 3. The van der Waals surface area contributed by atoms with E-state index in [2.05, 4.69) is 57.2 Å². The molecule has 3 aromatic carbocycles. The predicted octanol–water partition coefficient (Wildman–Crippen LogP) is 6.52. The first kappa shape index (κ1) is 32.5. The van der Waals surface area contributed by atoms with Gasteiger partial charge in [-0.2, -0.15) is 0 Å². The van der Waals surface area contributed by atoms with Gasteiger partial charge in [-0.1, -0.05) is 49.9 Å². The van der Waals surface area contributed by atoms with E-state index in [0.29, 0.717) is 23.7 Å². The van der Waals surface area contributed by atoms with Crippen molar-refractivity contribution in [3.05, 3.63) is 104 Å². The molecule has 3 N–H and O–H groups in total. The van der Waals surface area contributed by atoms with Gasteiger partial charge in [0.2, 0.25) is 0 Å². The third-order valence-corrected chi connectivity index (χ3v) is 8.68. The van der Waals surface area contributed by atoms with Crippen LogP contribution in [0.15, 0.2) is 60.7 Å². The highest BCUT2D eigenvalue weighted by Gasteiger charge is 2.24. The highest BCUT2D eigenvalue weighted by molar-refractivity contribution is 14.1. The van der Waals surface area contributed by atoms with Crippen LogP contribution in [0, 0.1) is 22.1 Å². The third-order valence-electron chi connectivity index (χ3n) is 8.01. The smallest absolute Gasteiger partial charge is 0.251 e. The Labute approximate surface area is 262 Å². The maximum absolute atomic E-state index is 14.0. The lowest BCUT2D eigenvalue weighted by molar-refractivity contribution is 0.0829. The maximum Gasteiger partial charge on any atom is 0.251 e. The summed E-state index contributed by atoms with van der Waals surface area (Å²) in [5.74, 6) is -1.70. The van der Waals surface area contributed by atoms with Crippen molar-refractivity contribution in [2.75, 3.05) is 13.1 Å². The Kier molecular flexibility index (Phi) is 12.3. The highest BCUT2D eigenvalue weighted by Crippen LogP contribution is 2.24. The number of hydrogen-bond acceptors (Lipinski definition) is 4. The minimum atomic E-state index is -0.991. The standard InChI is InChI=1S/C34H42F2IN3O2/c1-3-40(31-10-5-4-6-11-31)22-26-12-23(2)13-27(14-26)34(42)39-32(18-25-15-28(35)19-29(36)16-25)33(41)21-38-20-24-8-7-9-30(37)17-24/h7-9,12-17,19,31-33,38,41H,3-6,10-11,18,20-22H2,1-2H3,(H,39,42)/t32-,33-/m0/s1. The average Bonchev–Trinajstić information content (AvgIpc) is 2.95. The summed E-state index contributed by atoms with van der Waals surface area (Å²) in [6.45, 7) is 6.63. The molecule has 1 fully saturated rings. The van der Waals surface area contributed by atoms with Gasteiger partial charge >= 0.3 is 0 Å². The SMILES string of the molecule is CCN(Cc1cc(C)cc(C(=O)N[C@@H](Cc2cc(F)cc(F)c2)[C@@H](O)CNCc2cccc(I)c2)c1)C1CCCCC1. The molecule has 0 bridgehead atoms. The number of carbonyl (C=O) groups excluding carboxylic acids is 1. The number of aryl methyl sites for hydroxylation is 1. The Morgan fingerprint density at radius 3 is 2.43 bits per heavy atom. The lowest BCUT2D eigenvalue weighted by atomic mass is 9.93. The zero-order valence-corrected chi connectivity index (χ0v) is 26.7. The van der Waals surface area contributed by atoms with Crippen LogP contribution in [0.5, 0.6) is 0 Å². The molecule has 0 aromatic heterocycles. The van der Waals surface area contributed by atoms with E-state index in [1.54, 1.807) is 0 Å². The summed E-state index contributed by atoms with van der Waals surface area (Å²) in [4.78, 5) is 16.1. The molecule has 1 aliphatic rings. The molecule has 0 aliphatic heterocycles. The topological polar surface area (TPSA) is 64.6 Å². The minimum Gasteiger partial charge on any atom is -0.390 e. The summed E-state index contributed by atoms with van der Waals surface area (Å²) >= 11 is 2.25. The van der Waals surface area contributed by atoms with Gasteiger partial charge in [-0.3, -0.25) is 9.69 Å². The molecule has 42 heavy (non-hydrogen) atoms. The summed E-state index contributed by atoms with van der Waals surface area (Å²) in [7, 11) is 0. The molecule has 5 nitrogen and oxygen atoms in total. The Morgan fingerprint density at radius 2 is 1.74 bits per heavy atom. The van der Waals surface area contributed by atoms with E-state index in [0.717, 1.165) is 39.4 Å². The second-order valence-electron chi connectivity index (χ2n) is 11.5. The lowest BCUT2D eigenvalue weighted by Gasteiger charge is -2.33. The molecule has 1 amide bonds. The van der Waals surface area contributed by atoms with Crippen molar-refractivity contribution in [2.24, 2.45) is 0 Å². The Bertz CT molecular complexity index is 1310. The van der Waals surface area contributed by atoms with Gasteiger partial charge < -0.3 is 15.7 Å². The minimum absolute atomic E-state index is 0.0798. The molecule has 0 saturated heterocycles. The fourth-order valence-electron chi connectivity index (χ4n) is 5.94.